The normalized spacial score (nSPS) is 16.1. The number of hydrogen-bond donors (Lipinski definition) is 2. The van der Waals surface area contributed by atoms with Gasteiger partial charge in [0.05, 0.1) is 6.42 Å². The Bertz CT molecular complexity index is 300. The minimum Gasteiger partial charge on any atom is -0.386 e. The molecule has 2 unspecified atom stereocenters. The molecule has 0 aliphatic carbocycles. The van der Waals surface area contributed by atoms with Crippen LogP contribution in [-0.4, -0.2) is 23.9 Å². The van der Waals surface area contributed by atoms with Crippen LogP contribution in [0.1, 0.15) is 24.3 Å². The molecule has 0 aliphatic rings. The molecule has 1 aromatic heterocycles. The van der Waals surface area contributed by atoms with Crippen molar-refractivity contribution in [1.29, 1.82) is 0 Å². The van der Waals surface area contributed by atoms with Gasteiger partial charge >= 0.3 is 6.18 Å². The maximum atomic E-state index is 12.0. The molecule has 1 heterocycles. The first-order valence-electron chi connectivity index (χ1n) is 4.90. The average molecular weight is 253 g/mol. The van der Waals surface area contributed by atoms with E-state index in [-0.39, 0.29) is 6.54 Å². The molecule has 0 aliphatic heterocycles. The highest BCUT2D eigenvalue weighted by atomic mass is 32.1. The molecule has 0 saturated heterocycles. The first-order valence-corrected chi connectivity index (χ1v) is 5.78. The third kappa shape index (κ3) is 4.96. The summed E-state index contributed by atoms with van der Waals surface area (Å²) in [7, 11) is 0. The maximum Gasteiger partial charge on any atom is 0.390 e. The van der Waals surface area contributed by atoms with E-state index in [2.05, 4.69) is 5.32 Å². The van der Waals surface area contributed by atoms with E-state index in [0.29, 0.717) is 0 Å². The number of hydrogen-bond acceptors (Lipinski definition) is 3. The first kappa shape index (κ1) is 13.5. The summed E-state index contributed by atoms with van der Waals surface area (Å²) in [6, 6.07) is 2.86. The van der Waals surface area contributed by atoms with Gasteiger partial charge in [-0.2, -0.15) is 13.2 Å². The Morgan fingerprint density at radius 1 is 1.50 bits per heavy atom. The van der Waals surface area contributed by atoms with Crippen LogP contribution in [0.15, 0.2) is 17.5 Å². The van der Waals surface area contributed by atoms with E-state index < -0.39 is 24.7 Å². The van der Waals surface area contributed by atoms with Crippen molar-refractivity contribution in [1.82, 2.24) is 5.32 Å². The van der Waals surface area contributed by atoms with Gasteiger partial charge in [0.25, 0.3) is 0 Å². The molecule has 1 rings (SSSR count). The molecule has 0 spiro atoms. The summed E-state index contributed by atoms with van der Waals surface area (Å²) in [6.45, 7) is 1.59. The lowest BCUT2D eigenvalue weighted by Crippen LogP contribution is -2.34. The van der Waals surface area contributed by atoms with Crippen molar-refractivity contribution in [3.8, 4) is 0 Å². The number of aliphatic hydroxyl groups excluding tert-OH is 1. The molecule has 6 heteroatoms. The second-order valence-electron chi connectivity index (χ2n) is 3.66. The van der Waals surface area contributed by atoms with Gasteiger partial charge in [0.2, 0.25) is 0 Å². The Morgan fingerprint density at radius 2 is 2.19 bits per heavy atom. The average Bonchev–Trinajstić information content (AvgIpc) is 2.64. The molecule has 0 fully saturated rings. The number of thiophene rings is 1. The zero-order valence-electron chi connectivity index (χ0n) is 8.79. The zero-order valence-corrected chi connectivity index (χ0v) is 9.61. The summed E-state index contributed by atoms with van der Waals surface area (Å²) in [5, 5.41) is 14.1. The monoisotopic (exact) mass is 253 g/mol. The predicted octanol–water partition coefficient (Wildman–Crippen LogP) is 2.71. The number of rotatable bonds is 5. The molecule has 2 atom stereocenters. The van der Waals surface area contributed by atoms with E-state index >= 15 is 0 Å². The topological polar surface area (TPSA) is 32.3 Å². The Morgan fingerprint density at radius 3 is 2.69 bits per heavy atom. The Labute approximate surface area is 96.1 Å². The third-order valence-corrected chi connectivity index (χ3v) is 3.04. The molecule has 0 saturated carbocycles. The molecule has 16 heavy (non-hydrogen) atoms. The molecule has 0 amide bonds. The van der Waals surface area contributed by atoms with Gasteiger partial charge in [0, 0.05) is 17.5 Å². The van der Waals surface area contributed by atoms with Crippen molar-refractivity contribution in [2.45, 2.75) is 31.7 Å². The van der Waals surface area contributed by atoms with Gasteiger partial charge < -0.3 is 10.4 Å². The lowest BCUT2D eigenvalue weighted by Gasteiger charge is -2.17. The number of aliphatic hydroxyl groups is 1. The van der Waals surface area contributed by atoms with Crippen LogP contribution in [0.5, 0.6) is 0 Å². The molecule has 1 aromatic rings. The van der Waals surface area contributed by atoms with Crippen LogP contribution in [0.3, 0.4) is 0 Å². The Kier molecular flexibility index (Phi) is 4.76. The van der Waals surface area contributed by atoms with Crippen LogP contribution in [0, 0.1) is 0 Å². The van der Waals surface area contributed by atoms with Gasteiger partial charge in [-0.05, 0) is 18.4 Å². The fraction of sp³-hybridized carbons (Fsp3) is 0.600. The highest BCUT2D eigenvalue weighted by Gasteiger charge is 2.29. The van der Waals surface area contributed by atoms with E-state index in [9.17, 15) is 18.3 Å². The summed E-state index contributed by atoms with van der Waals surface area (Å²) in [4.78, 5) is 0.756. The smallest absolute Gasteiger partial charge is 0.386 e. The number of halogens is 3. The van der Waals surface area contributed by atoms with Crippen molar-refractivity contribution in [2.24, 2.45) is 0 Å². The van der Waals surface area contributed by atoms with Gasteiger partial charge in [-0.1, -0.05) is 6.07 Å². The molecule has 0 radical (unpaired) electrons. The second kappa shape index (κ2) is 5.65. The van der Waals surface area contributed by atoms with Crippen molar-refractivity contribution < 1.29 is 18.3 Å². The summed E-state index contributed by atoms with van der Waals surface area (Å²) in [5.41, 5.74) is 0. The zero-order chi connectivity index (χ0) is 12.2. The van der Waals surface area contributed by atoms with E-state index in [4.69, 9.17) is 0 Å². The first-order chi connectivity index (χ1) is 7.38. The standard InChI is InChI=1S/C10H14F3NOS/c1-7(5-10(11,12)13)14-6-8(15)9-3-2-4-16-9/h2-4,7-8,14-15H,5-6H2,1H3. The third-order valence-electron chi connectivity index (χ3n) is 2.07. The minimum atomic E-state index is -4.17. The second-order valence-corrected chi connectivity index (χ2v) is 4.64. The van der Waals surface area contributed by atoms with Crippen LogP contribution >= 0.6 is 11.3 Å². The summed E-state index contributed by atoms with van der Waals surface area (Å²) < 4.78 is 36.0. The maximum absolute atomic E-state index is 12.0. The van der Waals surface area contributed by atoms with E-state index in [1.807, 2.05) is 5.38 Å². The van der Waals surface area contributed by atoms with Gasteiger partial charge in [-0.3, -0.25) is 0 Å². The minimum absolute atomic E-state index is 0.137. The Balaban J connectivity index is 2.29. The summed E-state index contributed by atoms with van der Waals surface area (Å²) in [6.07, 6.45) is -5.79. The van der Waals surface area contributed by atoms with Crippen LogP contribution < -0.4 is 5.32 Å². The van der Waals surface area contributed by atoms with Crippen molar-refractivity contribution in [3.63, 3.8) is 0 Å². The number of alkyl halides is 3. The van der Waals surface area contributed by atoms with E-state index in [0.717, 1.165) is 4.88 Å². The quantitative estimate of drug-likeness (QED) is 0.845. The van der Waals surface area contributed by atoms with Gasteiger partial charge in [-0.25, -0.2) is 0 Å². The molecule has 2 nitrogen and oxygen atoms in total. The molecular formula is C10H14F3NOS. The summed E-state index contributed by atoms with van der Waals surface area (Å²) in [5.74, 6) is 0. The molecule has 0 aromatic carbocycles. The van der Waals surface area contributed by atoms with Crippen LogP contribution in [0.4, 0.5) is 13.2 Å². The summed E-state index contributed by atoms with van der Waals surface area (Å²) >= 11 is 1.38. The van der Waals surface area contributed by atoms with Crippen molar-refractivity contribution in [3.05, 3.63) is 22.4 Å². The molecule has 92 valence electrons. The lowest BCUT2D eigenvalue weighted by molar-refractivity contribution is -0.139. The highest BCUT2D eigenvalue weighted by Crippen LogP contribution is 2.22. The van der Waals surface area contributed by atoms with Gasteiger partial charge in [-0.15, -0.1) is 11.3 Å². The van der Waals surface area contributed by atoms with E-state index in [1.165, 1.54) is 18.3 Å². The van der Waals surface area contributed by atoms with Gasteiger partial charge in [0.15, 0.2) is 0 Å². The van der Waals surface area contributed by atoms with Crippen LogP contribution in [0.25, 0.3) is 0 Å². The SMILES string of the molecule is CC(CC(F)(F)F)NCC(O)c1cccs1. The Hall–Kier alpha value is -0.590. The van der Waals surface area contributed by atoms with Crippen molar-refractivity contribution >= 4 is 11.3 Å². The van der Waals surface area contributed by atoms with Crippen LogP contribution in [0.2, 0.25) is 0 Å². The fourth-order valence-electron chi connectivity index (χ4n) is 1.31. The fourth-order valence-corrected chi connectivity index (χ4v) is 2.03. The molecular weight excluding hydrogens is 239 g/mol. The molecule has 2 N–H and O–H groups in total. The molecule has 0 bridgehead atoms. The highest BCUT2D eigenvalue weighted by molar-refractivity contribution is 7.10. The van der Waals surface area contributed by atoms with Gasteiger partial charge in [0.1, 0.15) is 6.10 Å². The van der Waals surface area contributed by atoms with E-state index in [1.54, 1.807) is 12.1 Å². The largest absolute Gasteiger partial charge is 0.390 e. The number of nitrogens with one attached hydrogen (secondary N) is 1. The van der Waals surface area contributed by atoms with Crippen LogP contribution in [-0.2, 0) is 0 Å². The predicted molar refractivity (Wildman–Crippen MR) is 57.4 cm³/mol. The lowest BCUT2D eigenvalue weighted by atomic mass is 10.2. The van der Waals surface area contributed by atoms with Crippen molar-refractivity contribution in [2.75, 3.05) is 6.54 Å².